The molecule has 0 fully saturated rings. The summed E-state index contributed by atoms with van der Waals surface area (Å²) >= 11 is 5.93. The Bertz CT molecular complexity index is 577. The van der Waals surface area contributed by atoms with Crippen molar-refractivity contribution in [1.82, 2.24) is 19.4 Å². The van der Waals surface area contributed by atoms with Crippen molar-refractivity contribution in [3.8, 4) is 0 Å². The van der Waals surface area contributed by atoms with E-state index in [0.717, 1.165) is 36.4 Å². The second kappa shape index (κ2) is 6.55. The number of nitrogens with zero attached hydrogens (tertiary/aromatic N) is 4. The summed E-state index contributed by atoms with van der Waals surface area (Å²) < 4.78 is 2.26. The minimum Gasteiger partial charge on any atom is -0.310 e. The third-order valence-electron chi connectivity index (χ3n) is 3.61. The molecule has 20 heavy (non-hydrogen) atoms. The Kier molecular flexibility index (Phi) is 5.00. The summed E-state index contributed by atoms with van der Waals surface area (Å²) in [4.78, 5) is 11.5. The number of imidazole rings is 1. The summed E-state index contributed by atoms with van der Waals surface area (Å²) in [5, 5.41) is 0. The van der Waals surface area contributed by atoms with Crippen LogP contribution in [0.15, 0.2) is 12.3 Å². The molecule has 110 valence electrons. The maximum absolute atomic E-state index is 5.93. The Morgan fingerprint density at radius 1 is 1.40 bits per heavy atom. The molecule has 0 aliphatic rings. The molecule has 0 aliphatic heterocycles. The van der Waals surface area contributed by atoms with Crippen LogP contribution in [0.2, 0.25) is 0 Å². The highest BCUT2D eigenvalue weighted by Crippen LogP contribution is 2.24. The molecule has 0 radical (unpaired) electrons. The first-order valence-corrected chi connectivity index (χ1v) is 7.61. The molecule has 0 aromatic carbocycles. The molecule has 2 aromatic rings. The van der Waals surface area contributed by atoms with Gasteiger partial charge >= 0.3 is 0 Å². The first kappa shape index (κ1) is 15.3. The largest absolute Gasteiger partial charge is 0.310 e. The minimum absolute atomic E-state index is 0.370. The molecule has 2 rings (SSSR count). The molecule has 0 saturated carbocycles. The zero-order chi connectivity index (χ0) is 14.7. The maximum Gasteiger partial charge on any atom is 0.160 e. The van der Waals surface area contributed by atoms with Crippen LogP contribution in [0.5, 0.6) is 0 Å². The first-order chi connectivity index (χ1) is 9.54. The van der Waals surface area contributed by atoms with E-state index in [9.17, 15) is 0 Å². The van der Waals surface area contributed by atoms with Gasteiger partial charge in [0.15, 0.2) is 5.65 Å². The van der Waals surface area contributed by atoms with Crippen molar-refractivity contribution in [2.24, 2.45) is 0 Å². The monoisotopic (exact) mass is 294 g/mol. The van der Waals surface area contributed by atoms with Gasteiger partial charge in [-0.1, -0.05) is 0 Å². The third kappa shape index (κ3) is 3.13. The lowest BCUT2D eigenvalue weighted by Gasteiger charge is -2.19. The topological polar surface area (TPSA) is 34.0 Å². The SMILES string of the molecule is Cc1ccnc2c1nc(CCCl)n2C(C)CCN(C)C. The molecule has 2 aromatic heterocycles. The molecular weight excluding hydrogens is 272 g/mol. The van der Waals surface area contributed by atoms with Crippen LogP contribution in [0.4, 0.5) is 0 Å². The van der Waals surface area contributed by atoms with Crippen LogP contribution in [-0.4, -0.2) is 46.0 Å². The number of hydrogen-bond acceptors (Lipinski definition) is 3. The Hall–Kier alpha value is -1.13. The van der Waals surface area contributed by atoms with Crippen LogP contribution in [0.1, 0.15) is 30.8 Å². The number of halogens is 1. The van der Waals surface area contributed by atoms with Gasteiger partial charge in [0.05, 0.1) is 0 Å². The lowest BCUT2D eigenvalue weighted by molar-refractivity contribution is 0.357. The first-order valence-electron chi connectivity index (χ1n) is 7.07. The quantitative estimate of drug-likeness (QED) is 0.768. The van der Waals surface area contributed by atoms with Gasteiger partial charge in [0.1, 0.15) is 11.3 Å². The number of fused-ring (bicyclic) bond motifs is 1. The highest BCUT2D eigenvalue weighted by Gasteiger charge is 2.17. The van der Waals surface area contributed by atoms with Crippen LogP contribution < -0.4 is 0 Å². The molecule has 0 aliphatic carbocycles. The molecule has 0 bridgehead atoms. The minimum atomic E-state index is 0.370. The Morgan fingerprint density at radius 3 is 2.80 bits per heavy atom. The van der Waals surface area contributed by atoms with E-state index in [4.69, 9.17) is 16.6 Å². The van der Waals surface area contributed by atoms with Gasteiger partial charge in [-0.15, -0.1) is 11.6 Å². The summed E-state index contributed by atoms with van der Waals surface area (Å²) in [6.07, 6.45) is 3.71. The van der Waals surface area contributed by atoms with E-state index in [-0.39, 0.29) is 0 Å². The summed E-state index contributed by atoms with van der Waals surface area (Å²) in [7, 11) is 4.20. The van der Waals surface area contributed by atoms with E-state index in [1.165, 1.54) is 5.56 Å². The number of aryl methyl sites for hydroxylation is 2. The fraction of sp³-hybridized carbons (Fsp3) is 0.600. The van der Waals surface area contributed by atoms with Crippen molar-refractivity contribution in [3.63, 3.8) is 0 Å². The molecule has 0 amide bonds. The standard InChI is InChI=1S/C15H23ClN4/c1-11-6-9-17-15-14(11)18-13(5-8-16)20(15)12(2)7-10-19(3)4/h6,9,12H,5,7-8,10H2,1-4H3. The van der Waals surface area contributed by atoms with E-state index in [2.05, 4.69) is 42.4 Å². The highest BCUT2D eigenvalue weighted by atomic mass is 35.5. The predicted octanol–water partition coefficient (Wildman–Crippen LogP) is 3.03. The average molecular weight is 295 g/mol. The smallest absolute Gasteiger partial charge is 0.160 e. The Morgan fingerprint density at radius 2 is 2.15 bits per heavy atom. The van der Waals surface area contributed by atoms with E-state index in [1.54, 1.807) is 0 Å². The Labute approximate surface area is 125 Å². The zero-order valence-corrected chi connectivity index (χ0v) is 13.5. The summed E-state index contributed by atoms with van der Waals surface area (Å²) in [5.74, 6) is 1.63. The van der Waals surface area contributed by atoms with Crippen molar-refractivity contribution >= 4 is 22.8 Å². The molecule has 0 N–H and O–H groups in total. The van der Waals surface area contributed by atoms with Crippen molar-refractivity contribution in [1.29, 1.82) is 0 Å². The fourth-order valence-electron chi connectivity index (χ4n) is 2.45. The molecule has 1 atom stereocenters. The molecule has 0 saturated heterocycles. The van der Waals surface area contributed by atoms with Crippen molar-refractivity contribution in [3.05, 3.63) is 23.7 Å². The van der Waals surface area contributed by atoms with Crippen LogP contribution in [0.3, 0.4) is 0 Å². The molecule has 0 spiro atoms. The van der Waals surface area contributed by atoms with Gasteiger partial charge in [-0.2, -0.15) is 0 Å². The van der Waals surface area contributed by atoms with E-state index < -0.39 is 0 Å². The predicted molar refractivity (Wildman–Crippen MR) is 84.6 cm³/mol. The van der Waals surface area contributed by atoms with Crippen LogP contribution in [0, 0.1) is 6.92 Å². The van der Waals surface area contributed by atoms with Crippen molar-refractivity contribution in [2.45, 2.75) is 32.7 Å². The number of alkyl halides is 1. The van der Waals surface area contributed by atoms with Gasteiger partial charge in [0.25, 0.3) is 0 Å². The van der Waals surface area contributed by atoms with Gasteiger partial charge in [0.2, 0.25) is 0 Å². The summed E-state index contributed by atoms with van der Waals surface area (Å²) in [5.41, 5.74) is 3.16. The van der Waals surface area contributed by atoms with Crippen LogP contribution >= 0.6 is 11.6 Å². The lowest BCUT2D eigenvalue weighted by atomic mass is 10.2. The molecule has 1 unspecified atom stereocenters. The average Bonchev–Trinajstić information content (AvgIpc) is 2.76. The third-order valence-corrected chi connectivity index (χ3v) is 3.80. The molecule has 4 nitrogen and oxygen atoms in total. The normalized spacial score (nSPS) is 13.3. The molecule has 2 heterocycles. The van der Waals surface area contributed by atoms with E-state index in [1.807, 2.05) is 12.3 Å². The fourth-order valence-corrected chi connectivity index (χ4v) is 2.62. The van der Waals surface area contributed by atoms with Crippen molar-refractivity contribution in [2.75, 3.05) is 26.5 Å². The second-order valence-corrected chi connectivity index (χ2v) is 5.96. The highest BCUT2D eigenvalue weighted by molar-refractivity contribution is 6.17. The van der Waals surface area contributed by atoms with E-state index in [0.29, 0.717) is 11.9 Å². The number of rotatable bonds is 6. The van der Waals surface area contributed by atoms with Crippen molar-refractivity contribution < 1.29 is 0 Å². The Balaban J connectivity index is 2.43. The van der Waals surface area contributed by atoms with Gasteiger partial charge in [0, 0.05) is 24.5 Å². The number of pyridine rings is 1. The van der Waals surface area contributed by atoms with Crippen LogP contribution in [0.25, 0.3) is 11.2 Å². The maximum atomic E-state index is 5.93. The van der Waals surface area contributed by atoms with Gasteiger partial charge in [-0.05, 0) is 52.5 Å². The van der Waals surface area contributed by atoms with E-state index >= 15 is 0 Å². The number of aromatic nitrogens is 3. The summed E-state index contributed by atoms with van der Waals surface area (Å²) in [6, 6.07) is 2.38. The van der Waals surface area contributed by atoms with Gasteiger partial charge in [-0.25, -0.2) is 9.97 Å². The van der Waals surface area contributed by atoms with Crippen LogP contribution in [-0.2, 0) is 6.42 Å². The summed E-state index contributed by atoms with van der Waals surface area (Å²) in [6.45, 7) is 5.36. The molecule has 5 heteroatoms. The zero-order valence-electron chi connectivity index (χ0n) is 12.7. The number of hydrogen-bond donors (Lipinski definition) is 0. The molecular formula is C15H23ClN4. The lowest BCUT2D eigenvalue weighted by Crippen LogP contribution is -2.19. The van der Waals surface area contributed by atoms with Gasteiger partial charge < -0.3 is 9.47 Å². The second-order valence-electron chi connectivity index (χ2n) is 5.58. The van der Waals surface area contributed by atoms with Gasteiger partial charge in [-0.3, -0.25) is 0 Å².